The standard InChI is InChI=1S/C32H33N3O6/c1-4-40-25-19-23(14-15-24(25)41-20-22-11-6-5-7-12-22)29-27(31(37)32(38)35(29)17-10-18-39-3)30(36)28-21(2)33-26-13-8-9-16-34(26)28/h5-9,11-16,19,29,36H,4,10,17-18,20H2,1-3H3. The quantitative estimate of drug-likeness (QED) is 0.119. The van der Waals surface area contributed by atoms with Gasteiger partial charge in [-0.05, 0) is 55.7 Å². The van der Waals surface area contributed by atoms with Crippen LogP contribution in [0.25, 0.3) is 11.4 Å². The summed E-state index contributed by atoms with van der Waals surface area (Å²) in [6.07, 6.45) is 2.28. The molecule has 0 bridgehead atoms. The number of imidazole rings is 1. The number of aromatic nitrogens is 2. The molecule has 4 aromatic rings. The van der Waals surface area contributed by atoms with Crippen molar-refractivity contribution in [3.63, 3.8) is 0 Å². The van der Waals surface area contributed by atoms with Gasteiger partial charge in [0.1, 0.15) is 17.9 Å². The summed E-state index contributed by atoms with van der Waals surface area (Å²) in [6, 6.07) is 19.8. The van der Waals surface area contributed by atoms with E-state index in [1.54, 1.807) is 42.8 Å². The van der Waals surface area contributed by atoms with E-state index in [9.17, 15) is 14.7 Å². The summed E-state index contributed by atoms with van der Waals surface area (Å²) in [5.41, 5.74) is 3.16. The van der Waals surface area contributed by atoms with Crippen LogP contribution < -0.4 is 9.47 Å². The number of fused-ring (bicyclic) bond motifs is 1. The van der Waals surface area contributed by atoms with Crippen LogP contribution in [0.5, 0.6) is 11.5 Å². The lowest BCUT2D eigenvalue weighted by Crippen LogP contribution is -2.31. The molecule has 1 N–H and O–H groups in total. The van der Waals surface area contributed by atoms with Crippen LogP contribution in [0.1, 0.15) is 41.9 Å². The van der Waals surface area contributed by atoms with Crippen molar-refractivity contribution in [2.24, 2.45) is 0 Å². The average Bonchev–Trinajstić information content (AvgIpc) is 3.45. The summed E-state index contributed by atoms with van der Waals surface area (Å²) in [5.74, 6) is -0.692. The topological polar surface area (TPSA) is 103 Å². The molecule has 1 aliphatic rings. The summed E-state index contributed by atoms with van der Waals surface area (Å²) in [4.78, 5) is 32.9. The highest BCUT2D eigenvalue weighted by Gasteiger charge is 2.46. The van der Waals surface area contributed by atoms with Crippen molar-refractivity contribution in [3.8, 4) is 11.5 Å². The van der Waals surface area contributed by atoms with E-state index in [1.807, 2.05) is 55.5 Å². The van der Waals surface area contributed by atoms with Crippen molar-refractivity contribution in [2.45, 2.75) is 32.9 Å². The molecule has 3 heterocycles. The molecular weight excluding hydrogens is 522 g/mol. The molecule has 9 nitrogen and oxygen atoms in total. The first-order valence-electron chi connectivity index (χ1n) is 13.6. The number of hydrogen-bond acceptors (Lipinski definition) is 7. The molecular formula is C32H33N3O6. The number of aryl methyl sites for hydroxylation is 1. The van der Waals surface area contributed by atoms with E-state index in [4.69, 9.17) is 14.2 Å². The predicted octanol–water partition coefficient (Wildman–Crippen LogP) is 5.08. The first kappa shape index (κ1) is 27.9. The Hall–Kier alpha value is -4.63. The van der Waals surface area contributed by atoms with E-state index in [-0.39, 0.29) is 17.9 Å². The molecule has 1 atom stereocenters. The van der Waals surface area contributed by atoms with Crippen LogP contribution in [0.3, 0.4) is 0 Å². The molecule has 9 heteroatoms. The van der Waals surface area contributed by atoms with Crippen LogP contribution in [-0.4, -0.2) is 57.9 Å². The number of amides is 1. The lowest BCUT2D eigenvalue weighted by molar-refractivity contribution is -0.140. The molecule has 0 aliphatic carbocycles. The first-order chi connectivity index (χ1) is 19.9. The number of nitrogens with zero attached hydrogens (tertiary/aromatic N) is 3. The second-order valence-corrected chi connectivity index (χ2v) is 9.73. The van der Waals surface area contributed by atoms with Crippen LogP contribution in [0.2, 0.25) is 0 Å². The molecule has 1 unspecified atom stereocenters. The van der Waals surface area contributed by atoms with Gasteiger partial charge >= 0.3 is 0 Å². The number of hydrogen-bond donors (Lipinski definition) is 1. The fraction of sp³-hybridized carbons (Fsp3) is 0.281. The van der Waals surface area contributed by atoms with Gasteiger partial charge in [-0.1, -0.05) is 42.5 Å². The third kappa shape index (κ3) is 5.53. The van der Waals surface area contributed by atoms with Crippen molar-refractivity contribution in [1.29, 1.82) is 0 Å². The predicted molar refractivity (Wildman–Crippen MR) is 154 cm³/mol. The number of carbonyl (C=O) groups excluding carboxylic acids is 2. The Morgan fingerprint density at radius 1 is 1.00 bits per heavy atom. The van der Waals surface area contributed by atoms with E-state index in [0.717, 1.165) is 5.56 Å². The molecule has 0 radical (unpaired) electrons. The molecule has 2 aromatic carbocycles. The maximum atomic E-state index is 13.5. The number of aliphatic hydroxyl groups excluding tert-OH is 1. The van der Waals surface area contributed by atoms with Crippen molar-refractivity contribution < 1.29 is 28.9 Å². The van der Waals surface area contributed by atoms with E-state index in [2.05, 4.69) is 4.98 Å². The van der Waals surface area contributed by atoms with Gasteiger partial charge in [0.05, 0.1) is 23.9 Å². The van der Waals surface area contributed by atoms with Crippen LogP contribution in [0, 0.1) is 6.92 Å². The number of ether oxygens (including phenoxy) is 3. The Morgan fingerprint density at radius 3 is 2.54 bits per heavy atom. The molecule has 41 heavy (non-hydrogen) atoms. The summed E-state index contributed by atoms with van der Waals surface area (Å²) in [6.45, 7) is 5.06. The monoisotopic (exact) mass is 555 g/mol. The summed E-state index contributed by atoms with van der Waals surface area (Å²) >= 11 is 0. The Balaban J connectivity index is 1.60. The highest BCUT2D eigenvalue weighted by molar-refractivity contribution is 6.46. The summed E-state index contributed by atoms with van der Waals surface area (Å²) in [5, 5.41) is 11.7. The van der Waals surface area contributed by atoms with Crippen molar-refractivity contribution in [1.82, 2.24) is 14.3 Å². The molecule has 5 rings (SSSR count). The SMILES string of the molecule is CCOc1cc(C2C(=C(O)c3c(C)nc4ccccn34)C(=O)C(=O)N2CCCOC)ccc1OCc1ccccc1. The largest absolute Gasteiger partial charge is 0.505 e. The van der Waals surface area contributed by atoms with Gasteiger partial charge < -0.3 is 24.2 Å². The lowest BCUT2D eigenvalue weighted by atomic mass is 9.95. The average molecular weight is 556 g/mol. The summed E-state index contributed by atoms with van der Waals surface area (Å²) < 4.78 is 18.9. The van der Waals surface area contributed by atoms with Gasteiger partial charge in [-0.3, -0.25) is 14.0 Å². The number of methoxy groups -OCH3 is 1. The molecule has 212 valence electrons. The molecule has 1 aliphatic heterocycles. The molecule has 2 aromatic heterocycles. The molecule has 0 spiro atoms. The Labute approximate surface area is 238 Å². The van der Waals surface area contributed by atoms with Gasteiger partial charge in [0.25, 0.3) is 11.7 Å². The second-order valence-electron chi connectivity index (χ2n) is 9.73. The smallest absolute Gasteiger partial charge is 0.295 e. The van der Waals surface area contributed by atoms with E-state index in [1.165, 1.54) is 4.90 Å². The van der Waals surface area contributed by atoms with Gasteiger partial charge in [-0.2, -0.15) is 0 Å². The minimum atomic E-state index is -0.845. The number of Topliss-reactive ketones (excluding diaryl/α,β-unsaturated/α-hetero) is 1. The van der Waals surface area contributed by atoms with Crippen LogP contribution >= 0.6 is 0 Å². The second kappa shape index (κ2) is 12.3. The number of benzene rings is 2. The molecule has 0 saturated carbocycles. The van der Waals surface area contributed by atoms with Gasteiger partial charge in [0.15, 0.2) is 17.3 Å². The van der Waals surface area contributed by atoms with Crippen molar-refractivity contribution >= 4 is 23.1 Å². The number of ketones is 1. The van der Waals surface area contributed by atoms with E-state index < -0.39 is 17.7 Å². The normalized spacial score (nSPS) is 16.5. The molecule has 1 amide bonds. The number of carbonyl (C=O) groups is 2. The first-order valence-corrected chi connectivity index (χ1v) is 13.6. The summed E-state index contributed by atoms with van der Waals surface area (Å²) in [7, 11) is 1.58. The Bertz CT molecular complexity index is 1590. The van der Waals surface area contributed by atoms with Gasteiger partial charge in [-0.25, -0.2) is 4.98 Å². The Morgan fingerprint density at radius 2 is 1.78 bits per heavy atom. The maximum absolute atomic E-state index is 13.5. The fourth-order valence-corrected chi connectivity index (χ4v) is 5.18. The lowest BCUT2D eigenvalue weighted by Gasteiger charge is -2.26. The van der Waals surface area contributed by atoms with Gasteiger partial charge in [-0.15, -0.1) is 0 Å². The number of pyridine rings is 1. The third-order valence-corrected chi connectivity index (χ3v) is 7.04. The fourth-order valence-electron chi connectivity index (χ4n) is 5.18. The zero-order valence-corrected chi connectivity index (χ0v) is 23.4. The van der Waals surface area contributed by atoms with Gasteiger partial charge in [0, 0.05) is 26.5 Å². The van der Waals surface area contributed by atoms with Crippen LogP contribution in [0.4, 0.5) is 0 Å². The van der Waals surface area contributed by atoms with E-state index >= 15 is 0 Å². The maximum Gasteiger partial charge on any atom is 0.295 e. The molecule has 1 fully saturated rings. The highest BCUT2D eigenvalue weighted by Crippen LogP contribution is 2.42. The number of rotatable bonds is 11. The van der Waals surface area contributed by atoms with Crippen molar-refractivity contribution in [3.05, 3.63) is 101 Å². The minimum absolute atomic E-state index is 0.00146. The third-order valence-electron chi connectivity index (χ3n) is 7.04. The number of likely N-dealkylation sites (tertiary alicyclic amines) is 1. The van der Waals surface area contributed by atoms with Crippen molar-refractivity contribution in [2.75, 3.05) is 26.9 Å². The zero-order chi connectivity index (χ0) is 28.9. The zero-order valence-electron chi connectivity index (χ0n) is 23.4. The highest BCUT2D eigenvalue weighted by atomic mass is 16.5. The van der Waals surface area contributed by atoms with Crippen LogP contribution in [-0.2, 0) is 20.9 Å². The molecule has 1 saturated heterocycles. The van der Waals surface area contributed by atoms with Crippen LogP contribution in [0.15, 0.2) is 78.5 Å². The minimum Gasteiger partial charge on any atom is -0.505 e. The Kier molecular flexibility index (Phi) is 8.35. The number of aliphatic hydroxyl groups is 1. The van der Waals surface area contributed by atoms with Gasteiger partial charge in [0.2, 0.25) is 0 Å². The van der Waals surface area contributed by atoms with E-state index in [0.29, 0.717) is 60.3 Å².